The van der Waals surface area contributed by atoms with Crippen LogP contribution in [0.2, 0.25) is 0 Å². The first-order valence-corrected chi connectivity index (χ1v) is 5.19. The Hall–Kier alpha value is -1.85. The second-order valence-corrected chi connectivity index (χ2v) is 4.03. The lowest BCUT2D eigenvalue weighted by Crippen LogP contribution is -2.24. The maximum absolute atomic E-state index is 11.6. The van der Waals surface area contributed by atoms with Crippen molar-refractivity contribution in [2.75, 3.05) is 0 Å². The monoisotopic (exact) mass is 221 g/mol. The average molecular weight is 221 g/mol. The molecule has 0 fully saturated rings. The summed E-state index contributed by atoms with van der Waals surface area (Å²) in [5.41, 5.74) is -0.0432. The molecule has 86 valence electrons. The topological polar surface area (TPSA) is 57.6 Å². The van der Waals surface area contributed by atoms with Gasteiger partial charge in [0.25, 0.3) is 0 Å². The van der Waals surface area contributed by atoms with E-state index in [0.717, 1.165) is 5.82 Å². The van der Waals surface area contributed by atoms with Crippen LogP contribution in [0.3, 0.4) is 0 Å². The Kier molecular flexibility index (Phi) is 2.64. The SMILES string of the molecule is CC(C)n1ncnc1Cn1ccn(C)c1=O. The third kappa shape index (κ3) is 1.78. The predicted molar refractivity (Wildman–Crippen MR) is 59.2 cm³/mol. The van der Waals surface area contributed by atoms with Crippen LogP contribution in [-0.4, -0.2) is 23.9 Å². The van der Waals surface area contributed by atoms with Crippen LogP contribution in [0.1, 0.15) is 25.7 Å². The Balaban J connectivity index is 2.31. The van der Waals surface area contributed by atoms with Gasteiger partial charge in [-0.25, -0.2) is 14.5 Å². The fraction of sp³-hybridized carbons (Fsp3) is 0.500. The lowest BCUT2D eigenvalue weighted by molar-refractivity contribution is 0.493. The summed E-state index contributed by atoms with van der Waals surface area (Å²) in [7, 11) is 1.73. The van der Waals surface area contributed by atoms with Crippen LogP contribution in [0.15, 0.2) is 23.5 Å². The molecule has 0 aliphatic heterocycles. The molecule has 0 radical (unpaired) electrons. The van der Waals surface area contributed by atoms with Gasteiger partial charge in [-0.15, -0.1) is 0 Å². The van der Waals surface area contributed by atoms with Crippen LogP contribution in [0.5, 0.6) is 0 Å². The first-order valence-electron chi connectivity index (χ1n) is 5.19. The molecule has 2 aromatic rings. The minimum atomic E-state index is -0.0432. The van der Waals surface area contributed by atoms with Crippen molar-refractivity contribution in [3.63, 3.8) is 0 Å². The van der Waals surface area contributed by atoms with Gasteiger partial charge in [0.2, 0.25) is 0 Å². The molecule has 2 rings (SSSR count). The molecule has 6 nitrogen and oxygen atoms in total. The molecule has 0 unspecified atom stereocenters. The van der Waals surface area contributed by atoms with Crippen molar-refractivity contribution < 1.29 is 0 Å². The molecular weight excluding hydrogens is 206 g/mol. The van der Waals surface area contributed by atoms with Gasteiger partial charge < -0.3 is 4.57 Å². The van der Waals surface area contributed by atoms with Crippen molar-refractivity contribution in [2.45, 2.75) is 26.4 Å². The molecule has 6 heteroatoms. The van der Waals surface area contributed by atoms with Gasteiger partial charge in [-0.1, -0.05) is 0 Å². The molecule has 0 bridgehead atoms. The molecule has 0 saturated carbocycles. The quantitative estimate of drug-likeness (QED) is 0.754. The zero-order chi connectivity index (χ0) is 11.7. The number of rotatable bonds is 3. The van der Waals surface area contributed by atoms with E-state index in [1.807, 2.05) is 18.5 Å². The van der Waals surface area contributed by atoms with Crippen molar-refractivity contribution >= 4 is 0 Å². The molecular formula is C10H15N5O. The van der Waals surface area contributed by atoms with Gasteiger partial charge in [0, 0.05) is 25.5 Å². The van der Waals surface area contributed by atoms with Crippen molar-refractivity contribution in [2.24, 2.45) is 7.05 Å². The molecule has 2 aromatic heterocycles. The van der Waals surface area contributed by atoms with E-state index >= 15 is 0 Å². The van der Waals surface area contributed by atoms with Gasteiger partial charge in [0.15, 0.2) is 0 Å². The summed E-state index contributed by atoms with van der Waals surface area (Å²) in [5, 5.41) is 4.13. The summed E-state index contributed by atoms with van der Waals surface area (Å²) in [6, 6.07) is 0.247. The van der Waals surface area contributed by atoms with E-state index in [1.54, 1.807) is 24.0 Å². The number of nitrogens with zero attached hydrogens (tertiary/aromatic N) is 5. The van der Waals surface area contributed by atoms with Crippen molar-refractivity contribution in [3.05, 3.63) is 35.0 Å². The molecule has 0 spiro atoms. The average Bonchev–Trinajstić information content (AvgIpc) is 2.80. The molecule has 16 heavy (non-hydrogen) atoms. The van der Waals surface area contributed by atoms with Crippen LogP contribution < -0.4 is 5.69 Å². The third-order valence-corrected chi connectivity index (χ3v) is 2.47. The first kappa shape index (κ1) is 10.7. The van der Waals surface area contributed by atoms with Crippen LogP contribution in [0, 0.1) is 0 Å². The van der Waals surface area contributed by atoms with Gasteiger partial charge >= 0.3 is 5.69 Å². The summed E-state index contributed by atoms with van der Waals surface area (Å²) in [6.07, 6.45) is 5.00. The molecule has 2 heterocycles. The zero-order valence-electron chi connectivity index (χ0n) is 9.66. The first-order chi connectivity index (χ1) is 7.59. The minimum absolute atomic E-state index is 0.0432. The number of hydrogen-bond acceptors (Lipinski definition) is 3. The largest absolute Gasteiger partial charge is 0.328 e. The van der Waals surface area contributed by atoms with Crippen molar-refractivity contribution in [3.8, 4) is 0 Å². The van der Waals surface area contributed by atoms with Crippen molar-refractivity contribution in [1.82, 2.24) is 23.9 Å². The fourth-order valence-corrected chi connectivity index (χ4v) is 1.60. The van der Waals surface area contributed by atoms with Gasteiger partial charge in [-0.05, 0) is 13.8 Å². The second kappa shape index (κ2) is 3.96. The highest BCUT2D eigenvalue weighted by molar-refractivity contribution is 4.91. The van der Waals surface area contributed by atoms with E-state index in [4.69, 9.17) is 0 Å². The van der Waals surface area contributed by atoms with E-state index in [-0.39, 0.29) is 11.7 Å². The third-order valence-electron chi connectivity index (χ3n) is 2.47. The Morgan fingerprint density at radius 1 is 1.38 bits per heavy atom. The fourth-order valence-electron chi connectivity index (χ4n) is 1.60. The molecule has 0 N–H and O–H groups in total. The molecule has 0 aliphatic rings. The van der Waals surface area contributed by atoms with Gasteiger partial charge in [0.05, 0.1) is 6.54 Å². The van der Waals surface area contributed by atoms with Gasteiger partial charge in [-0.3, -0.25) is 4.57 Å². The summed E-state index contributed by atoms with van der Waals surface area (Å²) < 4.78 is 4.97. The summed E-state index contributed by atoms with van der Waals surface area (Å²) in [4.78, 5) is 15.8. The summed E-state index contributed by atoms with van der Waals surface area (Å²) in [5.74, 6) is 0.795. The normalized spacial score (nSPS) is 11.2. The van der Waals surface area contributed by atoms with E-state index in [0.29, 0.717) is 6.54 Å². The van der Waals surface area contributed by atoms with Crippen LogP contribution >= 0.6 is 0 Å². The second-order valence-electron chi connectivity index (χ2n) is 4.03. The summed E-state index contributed by atoms with van der Waals surface area (Å²) >= 11 is 0. The predicted octanol–water partition coefficient (Wildman–Crippen LogP) is 0.408. The van der Waals surface area contributed by atoms with E-state index in [1.165, 1.54) is 10.9 Å². The van der Waals surface area contributed by atoms with Crippen LogP contribution in [-0.2, 0) is 13.6 Å². The van der Waals surface area contributed by atoms with E-state index in [2.05, 4.69) is 10.1 Å². The van der Waals surface area contributed by atoms with Crippen LogP contribution in [0.4, 0.5) is 0 Å². The lowest BCUT2D eigenvalue weighted by Gasteiger charge is -2.08. The summed E-state index contributed by atoms with van der Waals surface area (Å²) in [6.45, 7) is 4.52. The molecule has 0 aliphatic carbocycles. The van der Waals surface area contributed by atoms with Crippen LogP contribution in [0.25, 0.3) is 0 Å². The number of aryl methyl sites for hydroxylation is 1. The standard InChI is InChI=1S/C10H15N5O/c1-8(2)15-9(11-7-12-15)6-14-5-4-13(3)10(14)16/h4-5,7-8H,6H2,1-3H3. The lowest BCUT2D eigenvalue weighted by atomic mass is 10.4. The maximum atomic E-state index is 11.6. The highest BCUT2D eigenvalue weighted by atomic mass is 16.1. The Morgan fingerprint density at radius 2 is 2.12 bits per heavy atom. The highest BCUT2D eigenvalue weighted by Crippen LogP contribution is 2.05. The van der Waals surface area contributed by atoms with Crippen molar-refractivity contribution in [1.29, 1.82) is 0 Å². The van der Waals surface area contributed by atoms with Gasteiger partial charge in [-0.2, -0.15) is 5.10 Å². The van der Waals surface area contributed by atoms with E-state index in [9.17, 15) is 4.79 Å². The molecule has 0 saturated heterocycles. The number of hydrogen-bond donors (Lipinski definition) is 0. The molecule has 0 atom stereocenters. The highest BCUT2D eigenvalue weighted by Gasteiger charge is 2.09. The van der Waals surface area contributed by atoms with E-state index < -0.39 is 0 Å². The Morgan fingerprint density at radius 3 is 2.69 bits per heavy atom. The zero-order valence-corrected chi connectivity index (χ0v) is 9.66. The Labute approximate surface area is 93.2 Å². The Bertz CT molecular complexity index is 533. The van der Waals surface area contributed by atoms with Gasteiger partial charge in [0.1, 0.15) is 12.2 Å². The number of imidazole rings is 1. The minimum Gasteiger partial charge on any atom is -0.302 e. The number of aromatic nitrogens is 5. The molecule has 0 aromatic carbocycles. The molecule has 0 amide bonds. The maximum Gasteiger partial charge on any atom is 0.328 e. The smallest absolute Gasteiger partial charge is 0.302 e.